The summed E-state index contributed by atoms with van der Waals surface area (Å²) < 4.78 is 13.8. The number of aliphatic carboxylic acids is 1. The van der Waals surface area contributed by atoms with Crippen LogP contribution in [0.1, 0.15) is 30.6 Å². The molecule has 0 aromatic heterocycles. The van der Waals surface area contributed by atoms with Crippen LogP contribution in [0, 0.1) is 5.82 Å². The van der Waals surface area contributed by atoms with Gasteiger partial charge in [0.1, 0.15) is 5.82 Å². The van der Waals surface area contributed by atoms with E-state index in [9.17, 15) is 18.8 Å². The maximum atomic E-state index is 13.8. The molecule has 0 aliphatic heterocycles. The molecule has 0 atom stereocenters. The summed E-state index contributed by atoms with van der Waals surface area (Å²) in [6.45, 7) is 3.23. The molecule has 6 nitrogen and oxygen atoms in total. The Kier molecular flexibility index (Phi) is 5.83. The number of carboxylic acid groups (broad SMARTS) is 1. The summed E-state index contributed by atoms with van der Waals surface area (Å²) in [6, 6.07) is 3.67. The molecule has 0 fully saturated rings. The van der Waals surface area contributed by atoms with Crippen molar-refractivity contribution >= 4 is 23.5 Å². The summed E-state index contributed by atoms with van der Waals surface area (Å²) in [6.07, 6.45) is -0.216. The molecule has 0 spiro atoms. The Hall–Kier alpha value is -2.44. The first kappa shape index (κ1) is 16.6. The molecule has 0 aliphatic carbocycles. The van der Waals surface area contributed by atoms with Crippen LogP contribution in [0.2, 0.25) is 0 Å². The zero-order valence-electron chi connectivity index (χ0n) is 11.9. The minimum absolute atomic E-state index is 0.00548. The van der Waals surface area contributed by atoms with Crippen LogP contribution in [-0.2, 0) is 9.59 Å². The molecular formula is C14H17FN2O4. The second kappa shape index (κ2) is 7.37. The van der Waals surface area contributed by atoms with Crippen LogP contribution in [0.4, 0.5) is 10.1 Å². The molecule has 0 unspecified atom stereocenters. The van der Waals surface area contributed by atoms with Gasteiger partial charge >= 0.3 is 5.97 Å². The molecule has 1 aromatic rings. The first-order valence-corrected chi connectivity index (χ1v) is 6.43. The maximum Gasteiger partial charge on any atom is 0.305 e. The zero-order valence-corrected chi connectivity index (χ0v) is 11.9. The number of amides is 2. The predicted octanol–water partition coefficient (Wildman–Crippen LogP) is 1.72. The molecule has 1 aromatic carbocycles. The van der Waals surface area contributed by atoms with Gasteiger partial charge in [0.2, 0.25) is 5.91 Å². The molecule has 0 bridgehead atoms. The van der Waals surface area contributed by atoms with Gasteiger partial charge in [-0.15, -0.1) is 0 Å². The second-order valence-corrected chi connectivity index (χ2v) is 4.40. The third-order valence-electron chi connectivity index (χ3n) is 2.78. The summed E-state index contributed by atoms with van der Waals surface area (Å²) in [5.74, 6) is -2.70. The van der Waals surface area contributed by atoms with Crippen LogP contribution in [0.15, 0.2) is 18.2 Å². The van der Waals surface area contributed by atoms with E-state index >= 15 is 0 Å². The van der Waals surface area contributed by atoms with Crippen molar-refractivity contribution in [2.45, 2.75) is 20.3 Å². The second-order valence-electron chi connectivity index (χ2n) is 4.40. The van der Waals surface area contributed by atoms with Crippen molar-refractivity contribution < 1.29 is 23.9 Å². The number of nitrogens with zero attached hydrogens (tertiary/aromatic N) is 1. The van der Waals surface area contributed by atoms with Crippen LogP contribution in [0.25, 0.3) is 0 Å². The van der Waals surface area contributed by atoms with Gasteiger partial charge in [-0.3, -0.25) is 14.4 Å². The smallest absolute Gasteiger partial charge is 0.305 e. The summed E-state index contributed by atoms with van der Waals surface area (Å²) >= 11 is 0. The molecule has 0 saturated heterocycles. The molecule has 0 aliphatic rings. The number of nitrogens with one attached hydrogen (secondary N) is 1. The molecule has 0 saturated carbocycles. The third-order valence-corrected chi connectivity index (χ3v) is 2.78. The Morgan fingerprint density at radius 3 is 2.52 bits per heavy atom. The first-order chi connectivity index (χ1) is 9.85. The van der Waals surface area contributed by atoms with Gasteiger partial charge in [0, 0.05) is 25.7 Å². The summed E-state index contributed by atoms with van der Waals surface area (Å²) in [5, 5.41) is 11.1. The van der Waals surface area contributed by atoms with Crippen molar-refractivity contribution in [3.63, 3.8) is 0 Å². The maximum absolute atomic E-state index is 13.8. The minimum Gasteiger partial charge on any atom is -0.481 e. The van der Waals surface area contributed by atoms with E-state index in [0.29, 0.717) is 5.69 Å². The van der Waals surface area contributed by atoms with Gasteiger partial charge in [-0.25, -0.2) is 4.39 Å². The number of carboxylic acids is 1. The number of hydrogen-bond donors (Lipinski definition) is 2. The lowest BCUT2D eigenvalue weighted by Crippen LogP contribution is -2.33. The predicted molar refractivity (Wildman–Crippen MR) is 74.5 cm³/mol. The van der Waals surface area contributed by atoms with Gasteiger partial charge in [-0.05, 0) is 25.1 Å². The lowest BCUT2D eigenvalue weighted by atomic mass is 10.1. The summed E-state index contributed by atoms with van der Waals surface area (Å²) in [5.41, 5.74) is 0.107. The van der Waals surface area contributed by atoms with Crippen LogP contribution in [0.5, 0.6) is 0 Å². The van der Waals surface area contributed by atoms with Crippen molar-refractivity contribution in [2.24, 2.45) is 0 Å². The summed E-state index contributed by atoms with van der Waals surface area (Å²) in [4.78, 5) is 35.0. The van der Waals surface area contributed by atoms with Crippen molar-refractivity contribution in [1.29, 1.82) is 0 Å². The SMILES string of the molecule is CCN(CCC(=O)O)C(=O)c1cc(NC(C)=O)ccc1F. The van der Waals surface area contributed by atoms with Gasteiger partial charge in [0.05, 0.1) is 12.0 Å². The Bertz CT molecular complexity index is 560. The highest BCUT2D eigenvalue weighted by molar-refractivity contribution is 5.97. The average molecular weight is 296 g/mol. The highest BCUT2D eigenvalue weighted by Crippen LogP contribution is 2.17. The van der Waals surface area contributed by atoms with E-state index in [4.69, 9.17) is 5.11 Å². The number of anilines is 1. The van der Waals surface area contributed by atoms with E-state index in [1.165, 1.54) is 24.0 Å². The van der Waals surface area contributed by atoms with E-state index < -0.39 is 17.7 Å². The number of halogens is 1. The normalized spacial score (nSPS) is 10.0. The summed E-state index contributed by atoms with van der Waals surface area (Å²) in [7, 11) is 0. The number of rotatable bonds is 6. The highest BCUT2D eigenvalue weighted by Gasteiger charge is 2.19. The van der Waals surface area contributed by atoms with Crippen LogP contribution in [-0.4, -0.2) is 40.9 Å². The molecule has 1 rings (SSSR count). The molecule has 2 N–H and O–H groups in total. The van der Waals surface area contributed by atoms with Gasteiger partial charge in [0.15, 0.2) is 0 Å². The lowest BCUT2D eigenvalue weighted by Gasteiger charge is -2.20. The van der Waals surface area contributed by atoms with Crippen LogP contribution in [0.3, 0.4) is 0 Å². The molecule has 21 heavy (non-hydrogen) atoms. The Morgan fingerprint density at radius 2 is 2.00 bits per heavy atom. The van der Waals surface area contributed by atoms with Gasteiger partial charge in [-0.1, -0.05) is 0 Å². The van der Waals surface area contributed by atoms with E-state index in [1.54, 1.807) is 6.92 Å². The molecule has 0 radical (unpaired) electrons. The quantitative estimate of drug-likeness (QED) is 0.837. The van der Waals surface area contributed by atoms with E-state index in [2.05, 4.69) is 5.32 Å². The standard InChI is InChI=1S/C14H17FN2O4/c1-3-17(7-6-13(19)20)14(21)11-8-10(16-9(2)18)4-5-12(11)15/h4-5,8H,3,6-7H2,1-2H3,(H,16,18)(H,19,20). The number of benzene rings is 1. The largest absolute Gasteiger partial charge is 0.481 e. The Labute approximate surface area is 121 Å². The average Bonchev–Trinajstić information content (AvgIpc) is 2.40. The van der Waals surface area contributed by atoms with Gasteiger partial charge in [0.25, 0.3) is 5.91 Å². The molecule has 0 heterocycles. The van der Waals surface area contributed by atoms with Gasteiger partial charge in [-0.2, -0.15) is 0 Å². The van der Waals surface area contributed by atoms with Crippen molar-refractivity contribution in [3.05, 3.63) is 29.6 Å². The Balaban J connectivity index is 2.98. The number of hydrogen-bond acceptors (Lipinski definition) is 3. The van der Waals surface area contributed by atoms with E-state index in [1.807, 2.05) is 0 Å². The van der Waals surface area contributed by atoms with Crippen LogP contribution >= 0.6 is 0 Å². The fraction of sp³-hybridized carbons (Fsp3) is 0.357. The Morgan fingerprint density at radius 1 is 1.33 bits per heavy atom. The van der Waals surface area contributed by atoms with Crippen LogP contribution < -0.4 is 5.32 Å². The topological polar surface area (TPSA) is 86.7 Å². The van der Waals surface area contributed by atoms with Crippen molar-refractivity contribution in [3.8, 4) is 0 Å². The lowest BCUT2D eigenvalue weighted by molar-refractivity contribution is -0.137. The molecule has 2 amide bonds. The third kappa shape index (κ3) is 4.87. The highest BCUT2D eigenvalue weighted by atomic mass is 19.1. The monoisotopic (exact) mass is 296 g/mol. The number of carbonyl (C=O) groups excluding carboxylic acids is 2. The molecular weight excluding hydrogens is 279 g/mol. The van der Waals surface area contributed by atoms with E-state index in [0.717, 1.165) is 6.07 Å². The zero-order chi connectivity index (χ0) is 16.0. The number of carbonyl (C=O) groups is 3. The van der Waals surface area contributed by atoms with Crippen molar-refractivity contribution in [2.75, 3.05) is 18.4 Å². The molecule has 7 heteroatoms. The van der Waals surface area contributed by atoms with Gasteiger partial charge < -0.3 is 15.3 Å². The first-order valence-electron chi connectivity index (χ1n) is 6.43. The fourth-order valence-corrected chi connectivity index (χ4v) is 1.77. The van der Waals surface area contributed by atoms with Crippen molar-refractivity contribution in [1.82, 2.24) is 4.90 Å². The molecule has 114 valence electrons. The fourth-order valence-electron chi connectivity index (χ4n) is 1.77. The van der Waals surface area contributed by atoms with E-state index in [-0.39, 0.29) is 31.0 Å². The minimum atomic E-state index is -1.03.